The Bertz CT molecular complexity index is 816. The molecule has 0 fully saturated rings. The molecule has 1 aromatic carbocycles. The van der Waals surface area contributed by atoms with Crippen molar-refractivity contribution in [1.82, 2.24) is 23.8 Å². The normalized spacial score (nSPS) is 10.6. The number of aromatic nitrogens is 4. The quantitative estimate of drug-likeness (QED) is 0.626. The summed E-state index contributed by atoms with van der Waals surface area (Å²) in [5.74, 6) is 0.522. The third kappa shape index (κ3) is 4.87. The number of benzene rings is 1. The first-order valence-electron chi connectivity index (χ1n) is 7.99. The first kappa shape index (κ1) is 17.1. The number of carbonyl (C=O) groups is 1. The number of amides is 1. The van der Waals surface area contributed by atoms with Gasteiger partial charge in [-0.15, -0.1) is 0 Å². The molecule has 8 heteroatoms. The van der Waals surface area contributed by atoms with Crippen LogP contribution in [0.4, 0.5) is 0 Å². The third-order valence-electron chi connectivity index (χ3n) is 3.63. The highest BCUT2D eigenvalue weighted by atomic mass is 32.1. The molecule has 3 rings (SSSR count). The van der Waals surface area contributed by atoms with E-state index in [4.69, 9.17) is 4.74 Å². The van der Waals surface area contributed by atoms with Crippen LogP contribution in [0.2, 0.25) is 0 Å². The summed E-state index contributed by atoms with van der Waals surface area (Å²) >= 11 is 1.17. The van der Waals surface area contributed by atoms with Crippen LogP contribution in [0.1, 0.15) is 28.2 Å². The highest BCUT2D eigenvalue weighted by Crippen LogP contribution is 2.16. The minimum atomic E-state index is -0.113. The largest absolute Gasteiger partial charge is 0.487 e. The summed E-state index contributed by atoms with van der Waals surface area (Å²) in [4.78, 5) is 12.2. The first-order valence-corrected chi connectivity index (χ1v) is 8.72. The molecule has 0 aliphatic heterocycles. The highest BCUT2D eigenvalue weighted by Gasteiger charge is 2.08. The minimum absolute atomic E-state index is 0.113. The fourth-order valence-electron chi connectivity index (χ4n) is 2.24. The lowest BCUT2D eigenvalue weighted by Gasteiger charge is -2.08. The van der Waals surface area contributed by atoms with Crippen molar-refractivity contribution in [2.24, 2.45) is 0 Å². The van der Waals surface area contributed by atoms with Gasteiger partial charge in [0.1, 0.15) is 18.1 Å². The van der Waals surface area contributed by atoms with Crippen molar-refractivity contribution in [2.75, 3.05) is 6.54 Å². The van der Waals surface area contributed by atoms with Crippen molar-refractivity contribution < 1.29 is 9.53 Å². The van der Waals surface area contributed by atoms with Gasteiger partial charge in [-0.25, -0.2) is 0 Å². The number of hydrogen-bond acceptors (Lipinski definition) is 6. The molecular weight excluding hydrogens is 338 g/mol. The Balaban J connectivity index is 1.48. The Morgan fingerprint density at radius 3 is 3.00 bits per heavy atom. The maximum absolute atomic E-state index is 12.2. The van der Waals surface area contributed by atoms with E-state index in [-0.39, 0.29) is 5.91 Å². The van der Waals surface area contributed by atoms with Crippen LogP contribution in [0.25, 0.3) is 0 Å². The van der Waals surface area contributed by atoms with Gasteiger partial charge in [0.25, 0.3) is 5.91 Å². The molecule has 0 radical (unpaired) electrons. The molecule has 0 aliphatic carbocycles. The van der Waals surface area contributed by atoms with E-state index < -0.39 is 0 Å². The van der Waals surface area contributed by atoms with E-state index in [1.165, 1.54) is 11.7 Å². The maximum atomic E-state index is 12.2. The molecule has 2 heterocycles. The summed E-state index contributed by atoms with van der Waals surface area (Å²) in [6, 6.07) is 9.01. The Morgan fingerprint density at radius 1 is 1.32 bits per heavy atom. The van der Waals surface area contributed by atoms with Crippen LogP contribution in [0.5, 0.6) is 5.75 Å². The van der Waals surface area contributed by atoms with Gasteiger partial charge in [-0.05, 0) is 37.6 Å². The fraction of sp³-hybridized carbons (Fsp3) is 0.294. The topological polar surface area (TPSA) is 81.9 Å². The number of hydrogen-bond donors (Lipinski definition) is 1. The molecule has 130 valence electrons. The summed E-state index contributed by atoms with van der Waals surface area (Å²) in [5.41, 5.74) is 2.26. The molecule has 0 spiro atoms. The van der Waals surface area contributed by atoms with Crippen LogP contribution in [-0.2, 0) is 13.2 Å². The van der Waals surface area contributed by atoms with Crippen molar-refractivity contribution in [3.8, 4) is 5.75 Å². The zero-order valence-corrected chi connectivity index (χ0v) is 14.7. The Hall–Kier alpha value is -2.74. The average molecular weight is 357 g/mol. The molecule has 0 bridgehead atoms. The van der Waals surface area contributed by atoms with Crippen LogP contribution in [-0.4, -0.2) is 31.0 Å². The van der Waals surface area contributed by atoms with E-state index in [0.29, 0.717) is 24.5 Å². The molecule has 2 aromatic heterocycles. The zero-order chi connectivity index (χ0) is 17.5. The number of nitrogens with zero attached hydrogens (tertiary/aromatic N) is 4. The van der Waals surface area contributed by atoms with Crippen molar-refractivity contribution in [3.05, 3.63) is 59.7 Å². The lowest BCUT2D eigenvalue weighted by Crippen LogP contribution is -2.25. The predicted octanol–water partition coefficient (Wildman–Crippen LogP) is 2.44. The van der Waals surface area contributed by atoms with Crippen molar-refractivity contribution >= 4 is 17.6 Å². The monoisotopic (exact) mass is 357 g/mol. The number of ether oxygens (including phenoxy) is 1. The Morgan fingerprint density at radius 2 is 2.24 bits per heavy atom. The fourth-order valence-corrected chi connectivity index (χ4v) is 2.79. The average Bonchev–Trinajstić information content (AvgIpc) is 3.28. The van der Waals surface area contributed by atoms with Crippen molar-refractivity contribution in [1.29, 1.82) is 0 Å². The first-order chi connectivity index (χ1) is 12.2. The molecular formula is C17H19N5O2S. The summed E-state index contributed by atoms with van der Waals surface area (Å²) in [5, 5.41) is 7.04. The molecule has 3 aromatic rings. The molecule has 0 saturated carbocycles. The van der Waals surface area contributed by atoms with Crippen molar-refractivity contribution in [2.45, 2.75) is 26.5 Å². The summed E-state index contributed by atoms with van der Waals surface area (Å²) < 4.78 is 15.8. The third-order valence-corrected chi connectivity index (χ3v) is 4.28. The Kier molecular flexibility index (Phi) is 5.73. The van der Waals surface area contributed by atoms with Gasteiger partial charge in [0.15, 0.2) is 0 Å². The number of nitrogens with one attached hydrogen (secondary N) is 1. The predicted molar refractivity (Wildman–Crippen MR) is 94.6 cm³/mol. The van der Waals surface area contributed by atoms with Gasteiger partial charge in [0.2, 0.25) is 0 Å². The SMILES string of the molecule is Cc1nsnc1COc1cccc(C(=O)NCCCn2cccn2)c1. The van der Waals surface area contributed by atoms with E-state index in [9.17, 15) is 4.79 Å². The van der Waals surface area contributed by atoms with E-state index in [0.717, 1.165) is 24.4 Å². The molecule has 0 saturated heterocycles. The van der Waals surface area contributed by atoms with Crippen molar-refractivity contribution in [3.63, 3.8) is 0 Å². The number of carbonyl (C=O) groups excluding carboxylic acids is 1. The standard InChI is InChI=1S/C17H19N5O2S/c1-13-16(21-25-20-13)12-24-15-6-2-5-14(11-15)17(23)18-7-3-9-22-10-4-8-19-22/h2,4-6,8,10-11H,3,7,9,12H2,1H3,(H,18,23). The lowest BCUT2D eigenvalue weighted by atomic mass is 10.2. The van der Waals surface area contributed by atoms with Crippen LogP contribution in [0.15, 0.2) is 42.7 Å². The smallest absolute Gasteiger partial charge is 0.251 e. The van der Waals surface area contributed by atoms with Gasteiger partial charge in [0.05, 0.1) is 17.4 Å². The summed E-state index contributed by atoms with van der Waals surface area (Å²) in [6.07, 6.45) is 4.47. The minimum Gasteiger partial charge on any atom is -0.487 e. The second-order valence-corrected chi connectivity index (χ2v) is 6.02. The van der Waals surface area contributed by atoms with Gasteiger partial charge < -0.3 is 10.1 Å². The van der Waals surface area contributed by atoms with Gasteiger partial charge in [-0.3, -0.25) is 9.48 Å². The molecule has 1 N–H and O–H groups in total. The van der Waals surface area contributed by atoms with Crippen LogP contribution < -0.4 is 10.1 Å². The summed E-state index contributed by atoms with van der Waals surface area (Å²) in [6.45, 7) is 3.61. The zero-order valence-electron chi connectivity index (χ0n) is 13.9. The number of aryl methyl sites for hydroxylation is 2. The Labute approximate surface area is 150 Å². The van der Waals surface area contributed by atoms with Gasteiger partial charge in [-0.1, -0.05) is 6.07 Å². The van der Waals surface area contributed by atoms with Gasteiger partial charge >= 0.3 is 0 Å². The van der Waals surface area contributed by atoms with E-state index in [1.807, 2.05) is 29.9 Å². The van der Waals surface area contributed by atoms with Crippen LogP contribution >= 0.6 is 11.7 Å². The molecule has 0 aliphatic rings. The van der Waals surface area contributed by atoms with Gasteiger partial charge in [0, 0.05) is 31.0 Å². The molecule has 1 amide bonds. The highest BCUT2D eigenvalue weighted by molar-refractivity contribution is 6.99. The van der Waals surface area contributed by atoms with E-state index >= 15 is 0 Å². The van der Waals surface area contributed by atoms with E-state index in [2.05, 4.69) is 19.2 Å². The molecule has 0 unspecified atom stereocenters. The maximum Gasteiger partial charge on any atom is 0.251 e. The van der Waals surface area contributed by atoms with E-state index in [1.54, 1.807) is 24.4 Å². The lowest BCUT2D eigenvalue weighted by molar-refractivity contribution is 0.0952. The second-order valence-electron chi connectivity index (χ2n) is 5.49. The van der Waals surface area contributed by atoms with Gasteiger partial charge in [-0.2, -0.15) is 13.8 Å². The van der Waals surface area contributed by atoms with Crippen LogP contribution in [0.3, 0.4) is 0 Å². The molecule has 0 atom stereocenters. The van der Waals surface area contributed by atoms with Crippen LogP contribution in [0, 0.1) is 6.92 Å². The number of rotatable bonds is 8. The molecule has 7 nitrogen and oxygen atoms in total. The summed E-state index contributed by atoms with van der Waals surface area (Å²) in [7, 11) is 0. The molecule has 25 heavy (non-hydrogen) atoms. The second kappa shape index (κ2) is 8.39.